The van der Waals surface area contributed by atoms with Gasteiger partial charge < -0.3 is 5.11 Å². The van der Waals surface area contributed by atoms with E-state index in [0.717, 1.165) is 12.0 Å². The number of hydrogen-bond donors (Lipinski definition) is 1. The van der Waals surface area contributed by atoms with Crippen molar-refractivity contribution in [2.75, 3.05) is 0 Å². The minimum Gasteiger partial charge on any atom is -0.478 e. The van der Waals surface area contributed by atoms with Gasteiger partial charge in [0.1, 0.15) is 0 Å². The largest absolute Gasteiger partial charge is 0.478 e. The Hall–Kier alpha value is -2.09. The lowest BCUT2D eigenvalue weighted by atomic mass is 9.95. The van der Waals surface area contributed by atoms with Crippen LogP contribution in [0, 0.1) is 20.8 Å². The van der Waals surface area contributed by atoms with Gasteiger partial charge in [-0.1, -0.05) is 24.3 Å². The lowest BCUT2D eigenvalue weighted by molar-refractivity contribution is 0.0697. The third-order valence-corrected chi connectivity index (χ3v) is 3.52. The summed E-state index contributed by atoms with van der Waals surface area (Å²) in [5.74, 6) is -0.876. The molecule has 2 nitrogen and oxygen atoms in total. The van der Waals surface area contributed by atoms with E-state index in [-0.39, 0.29) is 0 Å². The standard InChI is InChI=1S/C17H18O2/c1-11-7-13(3)16(8-12(11)2)10-14-5-4-6-15(9-14)17(18)19/h4-9H,10H2,1-3H3,(H,18,19). The van der Waals surface area contributed by atoms with Crippen molar-refractivity contribution in [1.29, 1.82) is 0 Å². The van der Waals surface area contributed by atoms with Crippen LogP contribution in [-0.4, -0.2) is 11.1 Å². The van der Waals surface area contributed by atoms with Crippen LogP contribution in [0.25, 0.3) is 0 Å². The van der Waals surface area contributed by atoms with Gasteiger partial charge in [0.05, 0.1) is 5.56 Å². The molecule has 0 saturated heterocycles. The summed E-state index contributed by atoms with van der Waals surface area (Å²) in [6, 6.07) is 11.5. The summed E-state index contributed by atoms with van der Waals surface area (Å²) in [7, 11) is 0. The zero-order valence-electron chi connectivity index (χ0n) is 11.5. The molecule has 0 aromatic heterocycles. The molecule has 2 rings (SSSR count). The molecule has 0 aliphatic rings. The molecule has 0 bridgehead atoms. The van der Waals surface area contributed by atoms with Gasteiger partial charge in [0.2, 0.25) is 0 Å². The Kier molecular flexibility index (Phi) is 3.70. The summed E-state index contributed by atoms with van der Waals surface area (Å²) >= 11 is 0. The van der Waals surface area contributed by atoms with E-state index >= 15 is 0 Å². The fourth-order valence-electron chi connectivity index (χ4n) is 2.24. The maximum atomic E-state index is 11.0. The second kappa shape index (κ2) is 5.27. The van der Waals surface area contributed by atoms with Gasteiger partial charge in [-0.25, -0.2) is 4.79 Å². The molecule has 0 unspecified atom stereocenters. The molecule has 0 radical (unpaired) electrons. The van der Waals surface area contributed by atoms with Crippen molar-refractivity contribution in [2.45, 2.75) is 27.2 Å². The van der Waals surface area contributed by atoms with Gasteiger partial charge >= 0.3 is 5.97 Å². The first kappa shape index (κ1) is 13.3. The quantitative estimate of drug-likeness (QED) is 0.902. The monoisotopic (exact) mass is 254 g/mol. The van der Waals surface area contributed by atoms with Gasteiger partial charge in [-0.05, 0) is 67.1 Å². The molecule has 0 saturated carbocycles. The molecule has 0 atom stereocenters. The molecular weight excluding hydrogens is 236 g/mol. The predicted molar refractivity (Wildman–Crippen MR) is 76.9 cm³/mol. The summed E-state index contributed by atoms with van der Waals surface area (Å²) in [5, 5.41) is 9.01. The number of benzene rings is 2. The molecule has 0 amide bonds. The van der Waals surface area contributed by atoms with Crippen LogP contribution in [0.5, 0.6) is 0 Å². The van der Waals surface area contributed by atoms with E-state index in [1.165, 1.54) is 22.3 Å². The summed E-state index contributed by atoms with van der Waals surface area (Å²) in [6.45, 7) is 6.31. The highest BCUT2D eigenvalue weighted by atomic mass is 16.4. The van der Waals surface area contributed by atoms with E-state index in [4.69, 9.17) is 5.11 Å². The Morgan fingerprint density at radius 2 is 1.68 bits per heavy atom. The number of hydrogen-bond acceptors (Lipinski definition) is 1. The van der Waals surface area contributed by atoms with E-state index in [1.54, 1.807) is 18.2 Å². The molecule has 2 aromatic carbocycles. The molecule has 19 heavy (non-hydrogen) atoms. The van der Waals surface area contributed by atoms with Gasteiger partial charge in [0, 0.05) is 0 Å². The van der Waals surface area contributed by atoms with Crippen molar-refractivity contribution in [2.24, 2.45) is 0 Å². The zero-order valence-corrected chi connectivity index (χ0v) is 11.5. The number of aromatic carboxylic acids is 1. The summed E-state index contributed by atoms with van der Waals surface area (Å²) in [5.41, 5.74) is 6.45. The zero-order chi connectivity index (χ0) is 14.0. The topological polar surface area (TPSA) is 37.3 Å². The van der Waals surface area contributed by atoms with Crippen LogP contribution in [0.1, 0.15) is 38.2 Å². The van der Waals surface area contributed by atoms with Crippen LogP contribution in [0.15, 0.2) is 36.4 Å². The van der Waals surface area contributed by atoms with Gasteiger partial charge in [-0.3, -0.25) is 0 Å². The normalized spacial score (nSPS) is 10.5. The Labute approximate surface area is 113 Å². The highest BCUT2D eigenvalue weighted by molar-refractivity contribution is 5.87. The number of carbonyl (C=O) groups is 1. The van der Waals surface area contributed by atoms with Crippen molar-refractivity contribution < 1.29 is 9.90 Å². The Balaban J connectivity index is 2.33. The summed E-state index contributed by atoms with van der Waals surface area (Å²) in [6.07, 6.45) is 0.772. The van der Waals surface area contributed by atoms with Crippen molar-refractivity contribution in [3.63, 3.8) is 0 Å². The lowest BCUT2D eigenvalue weighted by Crippen LogP contribution is -1.99. The molecule has 2 aromatic rings. The number of carboxylic acids is 1. The molecule has 0 heterocycles. The number of rotatable bonds is 3. The third-order valence-electron chi connectivity index (χ3n) is 3.52. The van der Waals surface area contributed by atoms with Crippen molar-refractivity contribution in [3.8, 4) is 0 Å². The summed E-state index contributed by atoms with van der Waals surface area (Å²) < 4.78 is 0. The van der Waals surface area contributed by atoms with E-state index in [0.29, 0.717) is 5.56 Å². The van der Waals surface area contributed by atoms with Crippen LogP contribution < -0.4 is 0 Å². The average molecular weight is 254 g/mol. The highest BCUT2D eigenvalue weighted by Gasteiger charge is 2.06. The number of carboxylic acid groups (broad SMARTS) is 1. The second-order valence-corrected chi connectivity index (χ2v) is 5.05. The van der Waals surface area contributed by atoms with Gasteiger partial charge in [-0.15, -0.1) is 0 Å². The second-order valence-electron chi connectivity index (χ2n) is 5.05. The maximum absolute atomic E-state index is 11.0. The van der Waals surface area contributed by atoms with Crippen LogP contribution in [0.2, 0.25) is 0 Å². The fourth-order valence-corrected chi connectivity index (χ4v) is 2.24. The third kappa shape index (κ3) is 3.02. The van der Waals surface area contributed by atoms with Crippen molar-refractivity contribution >= 4 is 5.97 Å². The number of aryl methyl sites for hydroxylation is 3. The molecule has 2 heteroatoms. The first-order valence-corrected chi connectivity index (χ1v) is 6.36. The van der Waals surface area contributed by atoms with E-state index in [9.17, 15) is 4.79 Å². The van der Waals surface area contributed by atoms with Crippen LogP contribution >= 0.6 is 0 Å². The predicted octanol–water partition coefficient (Wildman–Crippen LogP) is 3.90. The van der Waals surface area contributed by atoms with Crippen molar-refractivity contribution in [3.05, 3.63) is 69.8 Å². The highest BCUT2D eigenvalue weighted by Crippen LogP contribution is 2.19. The smallest absolute Gasteiger partial charge is 0.335 e. The molecule has 0 spiro atoms. The van der Waals surface area contributed by atoms with Crippen LogP contribution in [0.3, 0.4) is 0 Å². The van der Waals surface area contributed by atoms with Crippen LogP contribution in [-0.2, 0) is 6.42 Å². The Bertz CT molecular complexity index is 627. The Morgan fingerprint density at radius 1 is 1.00 bits per heavy atom. The molecule has 0 aliphatic heterocycles. The molecule has 98 valence electrons. The lowest BCUT2D eigenvalue weighted by Gasteiger charge is -2.10. The average Bonchev–Trinajstić information content (AvgIpc) is 2.36. The summed E-state index contributed by atoms with van der Waals surface area (Å²) in [4.78, 5) is 11.0. The van der Waals surface area contributed by atoms with Gasteiger partial charge in [-0.2, -0.15) is 0 Å². The van der Waals surface area contributed by atoms with E-state index < -0.39 is 5.97 Å². The van der Waals surface area contributed by atoms with Gasteiger partial charge in [0.25, 0.3) is 0 Å². The van der Waals surface area contributed by atoms with Crippen LogP contribution in [0.4, 0.5) is 0 Å². The van der Waals surface area contributed by atoms with Crippen molar-refractivity contribution in [1.82, 2.24) is 0 Å². The maximum Gasteiger partial charge on any atom is 0.335 e. The molecule has 1 N–H and O–H groups in total. The fraction of sp³-hybridized carbons (Fsp3) is 0.235. The van der Waals surface area contributed by atoms with E-state index in [2.05, 4.69) is 32.9 Å². The van der Waals surface area contributed by atoms with Gasteiger partial charge in [0.15, 0.2) is 0 Å². The molecule has 0 aliphatic carbocycles. The SMILES string of the molecule is Cc1cc(C)c(Cc2cccc(C(=O)O)c2)cc1C. The molecular formula is C17H18O2. The van der Waals surface area contributed by atoms with E-state index in [1.807, 2.05) is 6.07 Å². The molecule has 0 fully saturated rings. The first-order valence-electron chi connectivity index (χ1n) is 6.36. The minimum atomic E-state index is -0.876. The minimum absolute atomic E-state index is 0.346. The first-order chi connectivity index (χ1) is 8.97. The Morgan fingerprint density at radius 3 is 2.37 bits per heavy atom.